The van der Waals surface area contributed by atoms with Crippen molar-refractivity contribution in [2.75, 3.05) is 11.9 Å². The van der Waals surface area contributed by atoms with Gasteiger partial charge in [0.25, 0.3) is 0 Å². The van der Waals surface area contributed by atoms with Gasteiger partial charge in [-0.1, -0.05) is 18.2 Å². The molecule has 2 aromatic rings. The van der Waals surface area contributed by atoms with Crippen LogP contribution in [0.2, 0.25) is 0 Å². The summed E-state index contributed by atoms with van der Waals surface area (Å²) in [5, 5.41) is 12.2. The standard InChI is InChI=1S/C15H14N2O3/c18-15(19)14-12(5-3-7-16-14)17-9-11-8-10-4-1-2-6-13(10)20-11/h1-7,11,17H,8-9H2,(H,18,19). The maximum atomic E-state index is 11.1. The van der Waals surface area contributed by atoms with E-state index in [9.17, 15) is 4.79 Å². The van der Waals surface area contributed by atoms with Crippen LogP contribution < -0.4 is 10.1 Å². The summed E-state index contributed by atoms with van der Waals surface area (Å²) in [6.07, 6.45) is 2.30. The Morgan fingerprint density at radius 2 is 2.20 bits per heavy atom. The summed E-state index contributed by atoms with van der Waals surface area (Å²) in [4.78, 5) is 14.9. The van der Waals surface area contributed by atoms with Crippen molar-refractivity contribution in [2.24, 2.45) is 0 Å². The minimum Gasteiger partial charge on any atom is -0.488 e. The number of nitrogens with one attached hydrogen (secondary N) is 1. The van der Waals surface area contributed by atoms with Crippen molar-refractivity contribution in [1.82, 2.24) is 4.98 Å². The molecule has 1 aromatic heterocycles. The number of anilines is 1. The molecule has 1 aliphatic heterocycles. The van der Waals surface area contributed by atoms with Crippen LogP contribution in [0.3, 0.4) is 0 Å². The lowest BCUT2D eigenvalue weighted by molar-refractivity contribution is 0.0691. The second kappa shape index (κ2) is 5.21. The summed E-state index contributed by atoms with van der Waals surface area (Å²) in [6.45, 7) is 0.542. The number of fused-ring (bicyclic) bond motifs is 1. The maximum absolute atomic E-state index is 11.1. The maximum Gasteiger partial charge on any atom is 0.356 e. The number of ether oxygens (including phenoxy) is 1. The molecule has 1 aromatic carbocycles. The van der Waals surface area contributed by atoms with Gasteiger partial charge < -0.3 is 15.2 Å². The third-order valence-corrected chi connectivity index (χ3v) is 3.24. The van der Waals surface area contributed by atoms with Crippen molar-refractivity contribution in [3.05, 3.63) is 53.9 Å². The normalized spacial score (nSPS) is 16.3. The Bertz CT molecular complexity index is 618. The van der Waals surface area contributed by atoms with Gasteiger partial charge in [-0.25, -0.2) is 9.78 Å². The number of rotatable bonds is 4. The first-order valence-electron chi connectivity index (χ1n) is 6.41. The fourth-order valence-electron chi connectivity index (χ4n) is 2.31. The number of carbonyl (C=O) groups is 1. The zero-order valence-corrected chi connectivity index (χ0v) is 10.7. The summed E-state index contributed by atoms with van der Waals surface area (Å²) < 4.78 is 5.80. The number of benzene rings is 1. The molecule has 5 heteroatoms. The topological polar surface area (TPSA) is 71.5 Å². The van der Waals surface area contributed by atoms with Gasteiger partial charge in [-0.2, -0.15) is 0 Å². The van der Waals surface area contributed by atoms with E-state index in [0.717, 1.165) is 12.2 Å². The van der Waals surface area contributed by atoms with Gasteiger partial charge in [0.1, 0.15) is 11.9 Å². The van der Waals surface area contributed by atoms with Crippen LogP contribution >= 0.6 is 0 Å². The van der Waals surface area contributed by atoms with E-state index >= 15 is 0 Å². The molecule has 0 amide bonds. The Labute approximate surface area is 116 Å². The highest BCUT2D eigenvalue weighted by atomic mass is 16.5. The monoisotopic (exact) mass is 270 g/mol. The Kier molecular flexibility index (Phi) is 3.25. The minimum absolute atomic E-state index is 0.00857. The summed E-state index contributed by atoms with van der Waals surface area (Å²) in [5.41, 5.74) is 1.73. The van der Waals surface area contributed by atoms with Gasteiger partial charge in [0.05, 0.1) is 12.2 Å². The molecular formula is C15H14N2O3. The molecule has 2 N–H and O–H groups in total. The summed E-state index contributed by atoms with van der Waals surface area (Å²) in [5.74, 6) is -0.132. The van der Waals surface area contributed by atoms with E-state index in [-0.39, 0.29) is 11.8 Å². The lowest BCUT2D eigenvalue weighted by atomic mass is 10.1. The van der Waals surface area contributed by atoms with Crippen molar-refractivity contribution in [3.8, 4) is 5.75 Å². The molecule has 3 rings (SSSR count). The van der Waals surface area contributed by atoms with Crippen molar-refractivity contribution in [3.63, 3.8) is 0 Å². The predicted octanol–water partition coefficient (Wildman–Crippen LogP) is 2.20. The zero-order valence-electron chi connectivity index (χ0n) is 10.7. The highest BCUT2D eigenvalue weighted by Crippen LogP contribution is 2.28. The van der Waals surface area contributed by atoms with E-state index in [4.69, 9.17) is 9.84 Å². The van der Waals surface area contributed by atoms with Crippen LogP contribution in [0.25, 0.3) is 0 Å². The zero-order chi connectivity index (χ0) is 13.9. The van der Waals surface area contributed by atoms with Crippen LogP contribution in [0.4, 0.5) is 5.69 Å². The largest absolute Gasteiger partial charge is 0.488 e. The molecular weight excluding hydrogens is 256 g/mol. The highest BCUT2D eigenvalue weighted by Gasteiger charge is 2.22. The van der Waals surface area contributed by atoms with Crippen LogP contribution in [0, 0.1) is 0 Å². The number of para-hydroxylation sites is 1. The Morgan fingerprint density at radius 1 is 1.35 bits per heavy atom. The van der Waals surface area contributed by atoms with Crippen molar-refractivity contribution in [2.45, 2.75) is 12.5 Å². The van der Waals surface area contributed by atoms with Crippen molar-refractivity contribution >= 4 is 11.7 Å². The molecule has 102 valence electrons. The predicted molar refractivity (Wildman–Crippen MR) is 74.2 cm³/mol. The molecule has 0 fully saturated rings. The molecule has 20 heavy (non-hydrogen) atoms. The number of hydrogen-bond donors (Lipinski definition) is 2. The first-order chi connectivity index (χ1) is 9.74. The van der Waals surface area contributed by atoms with Gasteiger partial charge in [-0.15, -0.1) is 0 Å². The fraction of sp³-hybridized carbons (Fsp3) is 0.200. The van der Waals surface area contributed by atoms with E-state index in [1.54, 1.807) is 12.1 Å². The molecule has 0 bridgehead atoms. The molecule has 2 heterocycles. The molecule has 0 saturated carbocycles. The van der Waals surface area contributed by atoms with Crippen LogP contribution in [0.1, 0.15) is 16.1 Å². The summed E-state index contributed by atoms with van der Waals surface area (Å²) in [6, 6.07) is 11.3. The number of aromatic nitrogens is 1. The van der Waals surface area contributed by atoms with Crippen LogP contribution in [-0.2, 0) is 6.42 Å². The van der Waals surface area contributed by atoms with Crippen LogP contribution in [0.5, 0.6) is 5.75 Å². The SMILES string of the molecule is O=C(O)c1ncccc1NCC1Cc2ccccc2O1. The number of nitrogens with zero attached hydrogens (tertiary/aromatic N) is 1. The van der Waals surface area contributed by atoms with Gasteiger partial charge in [0.15, 0.2) is 5.69 Å². The van der Waals surface area contributed by atoms with Gasteiger partial charge in [-0.3, -0.25) is 0 Å². The third kappa shape index (κ3) is 2.42. The fourth-order valence-corrected chi connectivity index (χ4v) is 2.31. The molecule has 1 unspecified atom stereocenters. The van der Waals surface area contributed by atoms with Gasteiger partial charge in [0.2, 0.25) is 0 Å². The number of aromatic carboxylic acids is 1. The quantitative estimate of drug-likeness (QED) is 0.891. The summed E-state index contributed by atoms with van der Waals surface area (Å²) >= 11 is 0. The van der Waals surface area contributed by atoms with Crippen LogP contribution in [-0.4, -0.2) is 28.7 Å². The van der Waals surface area contributed by atoms with Crippen molar-refractivity contribution < 1.29 is 14.6 Å². The Hall–Kier alpha value is -2.56. The Balaban J connectivity index is 1.66. The van der Waals surface area contributed by atoms with E-state index in [0.29, 0.717) is 12.2 Å². The van der Waals surface area contributed by atoms with Crippen LogP contribution in [0.15, 0.2) is 42.6 Å². The van der Waals surface area contributed by atoms with Crippen molar-refractivity contribution in [1.29, 1.82) is 0 Å². The highest BCUT2D eigenvalue weighted by molar-refractivity contribution is 5.91. The second-order valence-electron chi connectivity index (χ2n) is 4.64. The molecule has 0 saturated heterocycles. The first kappa shape index (κ1) is 12.5. The minimum atomic E-state index is -1.04. The first-order valence-corrected chi connectivity index (χ1v) is 6.41. The number of carboxylic acids is 1. The number of pyridine rings is 1. The number of hydrogen-bond acceptors (Lipinski definition) is 4. The van der Waals surface area contributed by atoms with Gasteiger partial charge in [-0.05, 0) is 23.8 Å². The third-order valence-electron chi connectivity index (χ3n) is 3.24. The van der Waals surface area contributed by atoms with Gasteiger partial charge >= 0.3 is 5.97 Å². The molecule has 0 radical (unpaired) electrons. The Morgan fingerprint density at radius 3 is 3.00 bits per heavy atom. The average molecular weight is 270 g/mol. The summed E-state index contributed by atoms with van der Waals surface area (Å²) in [7, 11) is 0. The number of carboxylic acid groups (broad SMARTS) is 1. The van der Waals surface area contributed by atoms with E-state index in [1.807, 2.05) is 24.3 Å². The molecule has 0 aliphatic carbocycles. The molecule has 1 atom stereocenters. The lowest BCUT2D eigenvalue weighted by Crippen LogP contribution is -2.24. The van der Waals surface area contributed by atoms with E-state index in [2.05, 4.69) is 10.3 Å². The smallest absolute Gasteiger partial charge is 0.356 e. The van der Waals surface area contributed by atoms with E-state index < -0.39 is 5.97 Å². The van der Waals surface area contributed by atoms with E-state index in [1.165, 1.54) is 11.8 Å². The molecule has 0 spiro atoms. The second-order valence-corrected chi connectivity index (χ2v) is 4.64. The molecule has 1 aliphatic rings. The lowest BCUT2D eigenvalue weighted by Gasteiger charge is -2.13. The average Bonchev–Trinajstić information content (AvgIpc) is 2.88. The van der Waals surface area contributed by atoms with Gasteiger partial charge in [0, 0.05) is 12.6 Å². The molecule has 5 nitrogen and oxygen atoms in total.